The lowest BCUT2D eigenvalue weighted by atomic mass is 9.94. The molecule has 1 aromatic rings. The quantitative estimate of drug-likeness (QED) is 0.764. The lowest BCUT2D eigenvalue weighted by molar-refractivity contribution is -0.0626. The highest BCUT2D eigenvalue weighted by Crippen LogP contribution is 2.29. The van der Waals surface area contributed by atoms with Gasteiger partial charge >= 0.3 is 0 Å². The summed E-state index contributed by atoms with van der Waals surface area (Å²) in [6.07, 6.45) is 1.32. The fourth-order valence-electron chi connectivity index (χ4n) is 2.35. The maximum atomic E-state index is 10.4. The molecular formula is C15H23NO4. The van der Waals surface area contributed by atoms with Gasteiger partial charge in [0.15, 0.2) is 11.5 Å². The molecule has 1 aliphatic heterocycles. The average molecular weight is 281 g/mol. The predicted molar refractivity (Wildman–Crippen MR) is 76.1 cm³/mol. The molecule has 20 heavy (non-hydrogen) atoms. The fourth-order valence-corrected chi connectivity index (χ4v) is 2.35. The number of nitrogens with one attached hydrogen (secondary N) is 1. The normalized spacial score (nSPS) is 19.6. The van der Waals surface area contributed by atoms with Crippen LogP contribution in [0.2, 0.25) is 0 Å². The van der Waals surface area contributed by atoms with Crippen LogP contribution in [-0.4, -0.2) is 42.7 Å². The summed E-state index contributed by atoms with van der Waals surface area (Å²) in [6, 6.07) is 5.34. The molecule has 5 heteroatoms. The first-order chi connectivity index (χ1) is 9.54. The number of phenolic OH excluding ortho intramolecular Hbond substituents is 1. The summed E-state index contributed by atoms with van der Waals surface area (Å²) >= 11 is 0. The number of phenols is 1. The summed E-state index contributed by atoms with van der Waals surface area (Å²) in [5.74, 6) is 0.590. The molecule has 2 rings (SSSR count). The number of methoxy groups -OCH3 is 1. The number of aromatic hydroxyl groups is 1. The Morgan fingerprint density at radius 2 is 2.10 bits per heavy atom. The van der Waals surface area contributed by atoms with E-state index in [1.807, 2.05) is 13.0 Å². The van der Waals surface area contributed by atoms with Crippen molar-refractivity contribution in [3.63, 3.8) is 0 Å². The van der Waals surface area contributed by atoms with E-state index in [0.29, 0.717) is 38.3 Å². The van der Waals surface area contributed by atoms with Crippen molar-refractivity contribution in [3.05, 3.63) is 23.8 Å². The third-order valence-electron chi connectivity index (χ3n) is 3.86. The first kappa shape index (κ1) is 15.1. The minimum absolute atomic E-state index is 0.0661. The SMILES string of the molecule is COc1cc(C(C)NCC2(O)CCOCC2)ccc1O. The Morgan fingerprint density at radius 3 is 2.75 bits per heavy atom. The van der Waals surface area contributed by atoms with Crippen LogP contribution in [0.5, 0.6) is 11.5 Å². The Hall–Kier alpha value is -1.30. The Kier molecular flexibility index (Phi) is 4.86. The molecule has 1 heterocycles. The molecule has 0 aromatic heterocycles. The van der Waals surface area contributed by atoms with E-state index in [9.17, 15) is 10.2 Å². The minimum Gasteiger partial charge on any atom is -0.504 e. The summed E-state index contributed by atoms with van der Waals surface area (Å²) in [7, 11) is 1.53. The van der Waals surface area contributed by atoms with Crippen molar-refractivity contribution >= 4 is 0 Å². The van der Waals surface area contributed by atoms with Crippen LogP contribution in [0.25, 0.3) is 0 Å². The zero-order valence-corrected chi connectivity index (χ0v) is 12.1. The Bertz CT molecular complexity index is 443. The lowest BCUT2D eigenvalue weighted by Gasteiger charge is -2.33. The lowest BCUT2D eigenvalue weighted by Crippen LogP contribution is -2.45. The Balaban J connectivity index is 1.95. The van der Waals surface area contributed by atoms with Crippen LogP contribution in [0.1, 0.15) is 31.4 Å². The fraction of sp³-hybridized carbons (Fsp3) is 0.600. The van der Waals surface area contributed by atoms with E-state index in [2.05, 4.69) is 5.32 Å². The number of benzene rings is 1. The molecule has 0 saturated carbocycles. The molecule has 0 spiro atoms. The monoisotopic (exact) mass is 281 g/mol. The summed E-state index contributed by atoms with van der Waals surface area (Å²) in [5, 5.41) is 23.3. The summed E-state index contributed by atoms with van der Waals surface area (Å²) in [6.45, 7) is 3.77. The van der Waals surface area contributed by atoms with Crippen molar-refractivity contribution in [2.45, 2.75) is 31.4 Å². The predicted octanol–water partition coefficient (Wildman–Crippen LogP) is 1.59. The number of rotatable bonds is 5. The van der Waals surface area contributed by atoms with Gasteiger partial charge in [0.05, 0.1) is 12.7 Å². The van der Waals surface area contributed by atoms with Crippen LogP contribution in [0.15, 0.2) is 18.2 Å². The molecule has 0 radical (unpaired) electrons. The number of ether oxygens (including phenoxy) is 2. The van der Waals surface area contributed by atoms with Crippen LogP contribution in [0.4, 0.5) is 0 Å². The van der Waals surface area contributed by atoms with Crippen LogP contribution in [-0.2, 0) is 4.74 Å². The topological polar surface area (TPSA) is 71.0 Å². The second-order valence-electron chi connectivity index (χ2n) is 5.37. The van der Waals surface area contributed by atoms with E-state index in [-0.39, 0.29) is 11.8 Å². The second-order valence-corrected chi connectivity index (χ2v) is 5.37. The minimum atomic E-state index is -0.687. The van der Waals surface area contributed by atoms with E-state index < -0.39 is 5.60 Å². The van der Waals surface area contributed by atoms with Gasteiger partial charge in [0.25, 0.3) is 0 Å². The first-order valence-corrected chi connectivity index (χ1v) is 6.94. The molecule has 3 N–H and O–H groups in total. The van der Waals surface area contributed by atoms with Gasteiger partial charge < -0.3 is 25.0 Å². The number of aliphatic hydroxyl groups is 1. The highest BCUT2D eigenvalue weighted by atomic mass is 16.5. The zero-order chi connectivity index (χ0) is 14.6. The van der Waals surface area contributed by atoms with Gasteiger partial charge in [-0.2, -0.15) is 0 Å². The van der Waals surface area contributed by atoms with Gasteiger partial charge in [-0.25, -0.2) is 0 Å². The summed E-state index contributed by atoms with van der Waals surface area (Å²) in [4.78, 5) is 0. The largest absolute Gasteiger partial charge is 0.504 e. The van der Waals surface area contributed by atoms with E-state index in [0.717, 1.165) is 5.56 Å². The van der Waals surface area contributed by atoms with Crippen molar-refractivity contribution in [1.29, 1.82) is 0 Å². The zero-order valence-electron chi connectivity index (χ0n) is 12.1. The molecule has 0 aliphatic carbocycles. The van der Waals surface area contributed by atoms with Gasteiger partial charge in [0.1, 0.15) is 0 Å². The van der Waals surface area contributed by atoms with E-state index in [4.69, 9.17) is 9.47 Å². The van der Waals surface area contributed by atoms with Gasteiger partial charge in [-0.3, -0.25) is 0 Å². The van der Waals surface area contributed by atoms with Crippen LogP contribution >= 0.6 is 0 Å². The molecule has 5 nitrogen and oxygen atoms in total. The molecule has 1 fully saturated rings. The molecule has 0 amide bonds. The maximum absolute atomic E-state index is 10.4. The molecule has 1 aliphatic rings. The van der Waals surface area contributed by atoms with Gasteiger partial charge in [-0.05, 0) is 24.6 Å². The molecule has 1 saturated heterocycles. The van der Waals surface area contributed by atoms with Crippen LogP contribution in [0, 0.1) is 0 Å². The third kappa shape index (κ3) is 3.62. The van der Waals surface area contributed by atoms with Crippen LogP contribution in [0.3, 0.4) is 0 Å². The summed E-state index contributed by atoms with van der Waals surface area (Å²) < 4.78 is 10.4. The van der Waals surface area contributed by atoms with Crippen molar-refractivity contribution < 1.29 is 19.7 Å². The molecular weight excluding hydrogens is 258 g/mol. The molecule has 1 unspecified atom stereocenters. The third-order valence-corrected chi connectivity index (χ3v) is 3.86. The molecule has 0 bridgehead atoms. The van der Waals surface area contributed by atoms with Crippen molar-refractivity contribution in [3.8, 4) is 11.5 Å². The standard InChI is InChI=1S/C15H23NO4/c1-11(12-3-4-13(17)14(9-12)19-2)16-10-15(18)5-7-20-8-6-15/h3-4,9,11,16-18H,5-8,10H2,1-2H3. The van der Waals surface area contributed by atoms with E-state index >= 15 is 0 Å². The highest BCUT2D eigenvalue weighted by molar-refractivity contribution is 5.42. The number of hydrogen-bond acceptors (Lipinski definition) is 5. The van der Waals surface area contributed by atoms with Gasteiger partial charge in [-0.1, -0.05) is 6.07 Å². The number of hydrogen-bond donors (Lipinski definition) is 3. The van der Waals surface area contributed by atoms with Crippen molar-refractivity contribution in [1.82, 2.24) is 5.32 Å². The van der Waals surface area contributed by atoms with E-state index in [1.165, 1.54) is 7.11 Å². The molecule has 1 atom stereocenters. The smallest absolute Gasteiger partial charge is 0.160 e. The maximum Gasteiger partial charge on any atom is 0.160 e. The summed E-state index contributed by atoms with van der Waals surface area (Å²) in [5.41, 5.74) is 0.323. The van der Waals surface area contributed by atoms with Gasteiger partial charge in [-0.15, -0.1) is 0 Å². The van der Waals surface area contributed by atoms with Crippen molar-refractivity contribution in [2.24, 2.45) is 0 Å². The van der Waals surface area contributed by atoms with Gasteiger partial charge in [0.2, 0.25) is 0 Å². The molecule has 1 aromatic carbocycles. The van der Waals surface area contributed by atoms with E-state index in [1.54, 1.807) is 12.1 Å². The first-order valence-electron chi connectivity index (χ1n) is 6.94. The molecule has 112 valence electrons. The van der Waals surface area contributed by atoms with Gasteiger partial charge in [0, 0.05) is 38.6 Å². The highest BCUT2D eigenvalue weighted by Gasteiger charge is 2.29. The van der Waals surface area contributed by atoms with Crippen LogP contribution < -0.4 is 10.1 Å². The Morgan fingerprint density at radius 1 is 1.40 bits per heavy atom. The second kappa shape index (κ2) is 6.43. The Labute approximate surface area is 119 Å². The average Bonchev–Trinajstić information content (AvgIpc) is 2.46. The van der Waals surface area contributed by atoms with Crippen molar-refractivity contribution in [2.75, 3.05) is 26.9 Å².